The van der Waals surface area contributed by atoms with Crippen LogP contribution < -0.4 is 9.80 Å². The van der Waals surface area contributed by atoms with Crippen LogP contribution in [0.4, 0.5) is 34.1 Å². The smallest absolute Gasteiger partial charge is 0.0468 e. The molecule has 0 bridgehead atoms. The van der Waals surface area contributed by atoms with Gasteiger partial charge < -0.3 is 9.80 Å². The third-order valence-electron chi connectivity index (χ3n) is 10.1. The first kappa shape index (κ1) is 31.3. The summed E-state index contributed by atoms with van der Waals surface area (Å²) in [5.41, 5.74) is 14.2. The highest BCUT2D eigenvalue weighted by atomic mass is 15.2. The third-order valence-corrected chi connectivity index (χ3v) is 10.1. The van der Waals surface area contributed by atoms with E-state index in [0.29, 0.717) is 0 Å². The fourth-order valence-corrected chi connectivity index (χ4v) is 7.38. The minimum atomic E-state index is 1.09. The van der Waals surface area contributed by atoms with E-state index in [-0.39, 0.29) is 0 Å². The van der Waals surface area contributed by atoms with Crippen molar-refractivity contribution in [3.63, 3.8) is 0 Å². The molecule has 248 valence electrons. The van der Waals surface area contributed by atoms with Crippen molar-refractivity contribution in [1.82, 2.24) is 0 Å². The number of rotatable bonds is 8. The maximum Gasteiger partial charge on any atom is 0.0468 e. The van der Waals surface area contributed by atoms with Gasteiger partial charge in [0.2, 0.25) is 0 Å². The van der Waals surface area contributed by atoms with Crippen LogP contribution in [0.15, 0.2) is 200 Å². The Morgan fingerprint density at radius 1 is 0.327 bits per heavy atom. The molecule has 0 atom stereocenters. The molecule has 0 saturated carbocycles. The first-order valence-electron chi connectivity index (χ1n) is 18.1. The molecule has 8 aromatic carbocycles. The largest absolute Gasteiger partial charge is 0.310 e. The molecule has 0 aromatic heterocycles. The predicted molar refractivity (Wildman–Crippen MR) is 222 cm³/mol. The van der Waals surface area contributed by atoms with E-state index in [4.69, 9.17) is 0 Å². The number of anilines is 6. The zero-order valence-electron chi connectivity index (χ0n) is 28.9. The van der Waals surface area contributed by atoms with E-state index in [1.807, 2.05) is 0 Å². The second-order valence-corrected chi connectivity index (χ2v) is 13.4. The summed E-state index contributed by atoms with van der Waals surface area (Å²) in [4.78, 5) is 4.73. The quantitative estimate of drug-likeness (QED) is 0.159. The van der Waals surface area contributed by atoms with Crippen molar-refractivity contribution >= 4 is 51.0 Å². The number of nitrogens with zero attached hydrogens (tertiary/aromatic N) is 2. The van der Waals surface area contributed by atoms with Crippen molar-refractivity contribution in [3.8, 4) is 22.3 Å². The van der Waals surface area contributed by atoms with Gasteiger partial charge in [0.15, 0.2) is 0 Å². The van der Waals surface area contributed by atoms with Crippen LogP contribution >= 0.6 is 0 Å². The van der Waals surface area contributed by atoms with Gasteiger partial charge in [-0.1, -0.05) is 133 Å². The summed E-state index contributed by atoms with van der Waals surface area (Å²) in [6.45, 7) is 0. The lowest BCUT2D eigenvalue weighted by Gasteiger charge is -2.29. The van der Waals surface area contributed by atoms with Crippen LogP contribution in [0.3, 0.4) is 0 Å². The van der Waals surface area contributed by atoms with E-state index in [0.717, 1.165) is 47.0 Å². The Hall–Kier alpha value is -6.64. The molecule has 2 nitrogen and oxygen atoms in total. The molecular weight excluding hydrogens is 629 g/mol. The van der Waals surface area contributed by atoms with Crippen molar-refractivity contribution in [3.05, 3.63) is 211 Å². The van der Waals surface area contributed by atoms with Gasteiger partial charge in [-0.3, -0.25) is 0 Å². The molecule has 0 amide bonds. The van der Waals surface area contributed by atoms with E-state index >= 15 is 0 Å². The monoisotopic (exact) mass is 666 g/mol. The fourth-order valence-electron chi connectivity index (χ4n) is 7.38. The van der Waals surface area contributed by atoms with Gasteiger partial charge >= 0.3 is 0 Å². The number of hydrogen-bond acceptors (Lipinski definition) is 2. The first-order valence-corrected chi connectivity index (χ1v) is 18.1. The Morgan fingerprint density at radius 3 is 1.31 bits per heavy atom. The standard InChI is InChI=1S/C50H38N2/c1-3-11-37(12-4-1)41-19-25-45(26-20-41)51(49-29-23-39-15-7-9-17-43(39)35-49)47-31-33-48(34-32-47)52(50-30-24-40-16-8-10-18-44(40)36-50)46-27-21-42(22-28-46)38-13-5-2-6-14-38/h1-7,9-15,17-36H,8,16H2. The molecule has 52 heavy (non-hydrogen) atoms. The molecule has 2 heteroatoms. The highest BCUT2D eigenvalue weighted by Gasteiger charge is 2.18. The number of aryl methyl sites for hydroxylation is 1. The lowest BCUT2D eigenvalue weighted by molar-refractivity contribution is 0.985. The van der Waals surface area contributed by atoms with Crippen molar-refractivity contribution in [1.29, 1.82) is 0 Å². The van der Waals surface area contributed by atoms with Gasteiger partial charge in [0.1, 0.15) is 0 Å². The van der Waals surface area contributed by atoms with Gasteiger partial charge in [0, 0.05) is 34.1 Å². The van der Waals surface area contributed by atoms with Gasteiger partial charge in [0.05, 0.1) is 0 Å². The van der Waals surface area contributed by atoms with Crippen LogP contribution in [0.5, 0.6) is 0 Å². The average Bonchev–Trinajstić information content (AvgIpc) is 3.23. The molecule has 0 N–H and O–H groups in total. The topological polar surface area (TPSA) is 6.48 Å². The summed E-state index contributed by atoms with van der Waals surface area (Å²) in [5.74, 6) is 0. The van der Waals surface area contributed by atoms with E-state index < -0.39 is 0 Å². The maximum absolute atomic E-state index is 2.37. The molecule has 0 unspecified atom stereocenters. The first-order chi connectivity index (χ1) is 25.8. The van der Waals surface area contributed by atoms with Gasteiger partial charge in [0.25, 0.3) is 0 Å². The fraction of sp³-hybridized carbons (Fsp3) is 0.0400. The maximum atomic E-state index is 2.37. The molecule has 0 radical (unpaired) electrons. The van der Waals surface area contributed by atoms with Crippen molar-refractivity contribution < 1.29 is 0 Å². The van der Waals surface area contributed by atoms with Crippen LogP contribution in [0.1, 0.15) is 17.5 Å². The number of benzene rings is 8. The molecule has 0 heterocycles. The minimum absolute atomic E-state index is 1.09. The highest BCUT2D eigenvalue weighted by Crippen LogP contribution is 2.41. The predicted octanol–water partition coefficient (Wildman–Crippen LogP) is 14.1. The zero-order chi connectivity index (χ0) is 34.7. The van der Waals surface area contributed by atoms with Crippen LogP contribution in [0.25, 0.3) is 39.1 Å². The van der Waals surface area contributed by atoms with E-state index in [9.17, 15) is 0 Å². The lowest BCUT2D eigenvalue weighted by atomic mass is 9.96. The Morgan fingerprint density at radius 2 is 0.750 bits per heavy atom. The lowest BCUT2D eigenvalue weighted by Crippen LogP contribution is -2.12. The summed E-state index contributed by atoms with van der Waals surface area (Å²) in [6.07, 6.45) is 6.74. The molecular formula is C50H38N2. The molecule has 0 fully saturated rings. The van der Waals surface area contributed by atoms with Crippen molar-refractivity contribution in [2.24, 2.45) is 0 Å². The Bertz CT molecular complexity index is 2480. The van der Waals surface area contributed by atoms with Crippen LogP contribution in [-0.4, -0.2) is 0 Å². The van der Waals surface area contributed by atoms with Gasteiger partial charge in [-0.25, -0.2) is 0 Å². The van der Waals surface area contributed by atoms with Crippen LogP contribution in [0.2, 0.25) is 0 Å². The molecule has 0 aliphatic heterocycles. The molecule has 8 aromatic rings. The van der Waals surface area contributed by atoms with E-state index in [1.165, 1.54) is 44.2 Å². The summed E-state index contributed by atoms with van der Waals surface area (Å²) < 4.78 is 0. The van der Waals surface area contributed by atoms with Gasteiger partial charge in [-0.05, 0) is 130 Å². The summed E-state index contributed by atoms with van der Waals surface area (Å²) in [7, 11) is 0. The Kier molecular flexibility index (Phi) is 8.40. The zero-order valence-corrected chi connectivity index (χ0v) is 28.9. The normalized spacial score (nSPS) is 12.0. The van der Waals surface area contributed by atoms with Gasteiger partial charge in [-0.15, -0.1) is 0 Å². The molecule has 0 saturated heterocycles. The number of hydrogen-bond donors (Lipinski definition) is 0. The number of fused-ring (bicyclic) bond motifs is 2. The Labute approximate surface area is 306 Å². The third kappa shape index (κ3) is 6.27. The van der Waals surface area contributed by atoms with E-state index in [2.05, 4.69) is 216 Å². The SMILES string of the molecule is C1=Cc2cc(N(c3ccc(-c4ccccc4)cc3)c3ccc(N(c4ccc(-c5ccccc5)cc4)c4ccc5ccccc5c4)cc3)ccc2CC1. The van der Waals surface area contributed by atoms with E-state index in [1.54, 1.807) is 0 Å². The van der Waals surface area contributed by atoms with Crippen LogP contribution in [0, 0.1) is 0 Å². The van der Waals surface area contributed by atoms with Gasteiger partial charge in [-0.2, -0.15) is 0 Å². The highest BCUT2D eigenvalue weighted by molar-refractivity contribution is 5.90. The minimum Gasteiger partial charge on any atom is -0.310 e. The summed E-state index contributed by atoms with van der Waals surface area (Å²) in [6, 6.07) is 70.2. The van der Waals surface area contributed by atoms with Crippen molar-refractivity contribution in [2.45, 2.75) is 12.8 Å². The second-order valence-electron chi connectivity index (χ2n) is 13.4. The number of allylic oxidation sites excluding steroid dienone is 1. The second kappa shape index (κ2) is 13.9. The molecule has 1 aliphatic carbocycles. The molecule has 0 spiro atoms. The molecule has 9 rings (SSSR count). The summed E-state index contributed by atoms with van der Waals surface area (Å²) in [5, 5.41) is 2.45. The average molecular weight is 667 g/mol. The molecule has 1 aliphatic rings. The van der Waals surface area contributed by atoms with Crippen LogP contribution in [-0.2, 0) is 6.42 Å². The van der Waals surface area contributed by atoms with Crippen molar-refractivity contribution in [2.75, 3.05) is 9.80 Å². The Balaban J connectivity index is 1.12. The summed E-state index contributed by atoms with van der Waals surface area (Å²) >= 11 is 0.